The lowest BCUT2D eigenvalue weighted by Gasteiger charge is -2.06. The molecule has 0 spiro atoms. The Morgan fingerprint density at radius 3 is 2.48 bits per heavy atom. The molecule has 0 atom stereocenters. The second-order valence-electron chi connectivity index (χ2n) is 6.05. The maximum Gasteiger partial charge on any atom is 0.132 e. The van der Waals surface area contributed by atoms with Crippen LogP contribution in [0.1, 0.15) is 22.4 Å². The van der Waals surface area contributed by atoms with Crippen molar-refractivity contribution in [2.24, 2.45) is 0 Å². The van der Waals surface area contributed by atoms with Crippen LogP contribution in [0, 0.1) is 12.7 Å². The molecule has 0 bridgehead atoms. The van der Waals surface area contributed by atoms with Gasteiger partial charge in [-0.2, -0.15) is 5.10 Å². The summed E-state index contributed by atoms with van der Waals surface area (Å²) in [6, 6.07) is 16.8. The molecule has 0 aliphatic rings. The average molecular weight is 358 g/mol. The molecule has 3 nitrogen and oxygen atoms in total. The lowest BCUT2D eigenvalue weighted by Crippen LogP contribution is -2.17. The molecule has 0 fully saturated rings. The summed E-state index contributed by atoms with van der Waals surface area (Å²) in [6.07, 6.45) is 0.973. The molecule has 0 aliphatic carbocycles. The van der Waals surface area contributed by atoms with Gasteiger partial charge in [0, 0.05) is 12.1 Å². The largest absolute Gasteiger partial charge is 0.312 e. The highest BCUT2D eigenvalue weighted by Gasteiger charge is 2.13. The van der Waals surface area contributed by atoms with Crippen molar-refractivity contribution >= 4 is 11.6 Å². The van der Waals surface area contributed by atoms with Crippen molar-refractivity contribution in [1.29, 1.82) is 0 Å². The first-order chi connectivity index (χ1) is 12.1. The van der Waals surface area contributed by atoms with Crippen molar-refractivity contribution < 1.29 is 4.39 Å². The summed E-state index contributed by atoms with van der Waals surface area (Å²) in [6.45, 7) is 4.05. The molecule has 0 unspecified atom stereocenters. The number of hydrogen-bond donors (Lipinski definition) is 1. The first-order valence-electron chi connectivity index (χ1n) is 8.34. The van der Waals surface area contributed by atoms with Crippen LogP contribution in [0.15, 0.2) is 54.6 Å². The third-order valence-corrected chi connectivity index (χ3v) is 4.59. The molecule has 2 aromatic carbocycles. The summed E-state index contributed by atoms with van der Waals surface area (Å²) >= 11 is 6.49. The molecule has 1 heterocycles. The Labute approximate surface area is 152 Å². The molecule has 0 saturated heterocycles. The van der Waals surface area contributed by atoms with Crippen LogP contribution < -0.4 is 5.32 Å². The van der Waals surface area contributed by atoms with E-state index in [1.54, 1.807) is 16.8 Å². The van der Waals surface area contributed by atoms with E-state index >= 15 is 0 Å². The van der Waals surface area contributed by atoms with E-state index in [9.17, 15) is 4.39 Å². The standard InChI is InChI=1S/C20H21ClFN3/c1-15-19(13-23-12-11-16-5-3-2-4-6-16)20(21)25(24-15)14-17-7-9-18(22)10-8-17/h2-10,23H,11-14H2,1H3. The van der Waals surface area contributed by atoms with Gasteiger partial charge in [0.05, 0.1) is 12.2 Å². The highest BCUT2D eigenvalue weighted by atomic mass is 35.5. The maximum absolute atomic E-state index is 13.0. The van der Waals surface area contributed by atoms with Crippen molar-refractivity contribution in [3.05, 3.63) is 88.0 Å². The molecule has 0 aliphatic heterocycles. The highest BCUT2D eigenvalue weighted by molar-refractivity contribution is 6.30. The molecule has 0 radical (unpaired) electrons. The first kappa shape index (κ1) is 17.6. The number of halogens is 2. The summed E-state index contributed by atoms with van der Waals surface area (Å²) in [5, 5.41) is 8.58. The number of nitrogens with one attached hydrogen (secondary N) is 1. The predicted molar refractivity (Wildman–Crippen MR) is 99.3 cm³/mol. The summed E-state index contributed by atoms with van der Waals surface area (Å²) in [5.41, 5.74) is 4.20. The van der Waals surface area contributed by atoms with Crippen molar-refractivity contribution in [3.63, 3.8) is 0 Å². The number of aromatic nitrogens is 2. The van der Waals surface area contributed by atoms with E-state index in [4.69, 9.17) is 11.6 Å². The number of hydrogen-bond acceptors (Lipinski definition) is 2. The van der Waals surface area contributed by atoms with Crippen LogP contribution in [-0.4, -0.2) is 16.3 Å². The highest BCUT2D eigenvalue weighted by Crippen LogP contribution is 2.21. The van der Waals surface area contributed by atoms with Gasteiger partial charge in [0.2, 0.25) is 0 Å². The van der Waals surface area contributed by atoms with E-state index in [0.29, 0.717) is 18.2 Å². The Bertz CT molecular complexity index is 813. The smallest absolute Gasteiger partial charge is 0.132 e. The average Bonchev–Trinajstić information content (AvgIpc) is 2.88. The molecule has 3 aromatic rings. The second kappa shape index (κ2) is 8.28. The number of nitrogens with zero attached hydrogens (tertiary/aromatic N) is 2. The maximum atomic E-state index is 13.0. The van der Waals surface area contributed by atoms with Crippen molar-refractivity contribution in [2.45, 2.75) is 26.4 Å². The molecule has 1 N–H and O–H groups in total. The summed E-state index contributed by atoms with van der Waals surface area (Å²) in [4.78, 5) is 0. The lowest BCUT2D eigenvalue weighted by atomic mass is 10.1. The van der Waals surface area contributed by atoms with E-state index in [0.717, 1.165) is 29.8 Å². The quantitative estimate of drug-likeness (QED) is 0.636. The Morgan fingerprint density at radius 1 is 1.04 bits per heavy atom. The normalized spacial score (nSPS) is 11.0. The van der Waals surface area contributed by atoms with E-state index in [-0.39, 0.29) is 5.82 Å². The molecule has 1 aromatic heterocycles. The van der Waals surface area contributed by atoms with E-state index < -0.39 is 0 Å². The molecular weight excluding hydrogens is 337 g/mol. The first-order valence-corrected chi connectivity index (χ1v) is 8.72. The number of benzene rings is 2. The van der Waals surface area contributed by atoms with Crippen LogP contribution in [0.4, 0.5) is 4.39 Å². The molecule has 3 rings (SSSR count). The van der Waals surface area contributed by atoms with Gasteiger partial charge in [-0.1, -0.05) is 54.1 Å². The Morgan fingerprint density at radius 2 is 1.76 bits per heavy atom. The van der Waals surface area contributed by atoms with Crippen molar-refractivity contribution in [3.8, 4) is 0 Å². The van der Waals surface area contributed by atoms with Gasteiger partial charge in [-0.25, -0.2) is 9.07 Å². The van der Waals surface area contributed by atoms with Crippen molar-refractivity contribution in [1.82, 2.24) is 15.1 Å². The Hall–Kier alpha value is -2.17. The van der Waals surface area contributed by atoms with Crippen LogP contribution in [0.3, 0.4) is 0 Å². The van der Waals surface area contributed by atoms with Gasteiger partial charge in [0.15, 0.2) is 0 Å². The second-order valence-corrected chi connectivity index (χ2v) is 6.41. The topological polar surface area (TPSA) is 29.9 Å². The Balaban J connectivity index is 1.58. The van der Waals surface area contributed by atoms with Crippen LogP contribution in [-0.2, 0) is 19.5 Å². The third kappa shape index (κ3) is 4.68. The molecule has 0 amide bonds. The van der Waals surface area contributed by atoms with Crippen LogP contribution in [0.25, 0.3) is 0 Å². The van der Waals surface area contributed by atoms with Gasteiger partial charge in [0.25, 0.3) is 0 Å². The van der Waals surface area contributed by atoms with E-state index in [1.165, 1.54) is 17.7 Å². The van der Waals surface area contributed by atoms with Crippen molar-refractivity contribution in [2.75, 3.05) is 6.54 Å². The van der Waals surface area contributed by atoms with Gasteiger partial charge in [-0.15, -0.1) is 0 Å². The fourth-order valence-corrected chi connectivity index (χ4v) is 3.05. The molecule has 5 heteroatoms. The number of rotatable bonds is 7. The van der Waals surface area contributed by atoms with Gasteiger partial charge in [-0.05, 0) is 43.1 Å². The predicted octanol–water partition coefficient (Wildman–Crippen LogP) is 4.36. The molecule has 0 saturated carbocycles. The summed E-state index contributed by atoms with van der Waals surface area (Å²) in [7, 11) is 0. The zero-order valence-electron chi connectivity index (χ0n) is 14.2. The summed E-state index contributed by atoms with van der Waals surface area (Å²) in [5.74, 6) is -0.241. The zero-order chi connectivity index (χ0) is 17.6. The molecule has 25 heavy (non-hydrogen) atoms. The van der Waals surface area contributed by atoms with Crippen LogP contribution in [0.5, 0.6) is 0 Å². The minimum atomic E-state index is -0.241. The Kier molecular flexibility index (Phi) is 5.84. The molecular formula is C20H21ClFN3. The van der Waals surface area contributed by atoms with Gasteiger partial charge < -0.3 is 5.32 Å². The zero-order valence-corrected chi connectivity index (χ0v) is 14.9. The number of aryl methyl sites for hydroxylation is 1. The lowest BCUT2D eigenvalue weighted by molar-refractivity contribution is 0.624. The fourth-order valence-electron chi connectivity index (χ4n) is 2.75. The van der Waals surface area contributed by atoms with E-state index in [2.05, 4.69) is 34.7 Å². The molecule has 130 valence electrons. The minimum Gasteiger partial charge on any atom is -0.312 e. The van der Waals surface area contributed by atoms with E-state index in [1.807, 2.05) is 13.0 Å². The minimum absolute atomic E-state index is 0.241. The van der Waals surface area contributed by atoms with Crippen LogP contribution >= 0.6 is 11.6 Å². The fraction of sp³-hybridized carbons (Fsp3) is 0.250. The SMILES string of the molecule is Cc1nn(Cc2ccc(F)cc2)c(Cl)c1CNCCc1ccccc1. The summed E-state index contributed by atoms with van der Waals surface area (Å²) < 4.78 is 14.8. The van der Waals surface area contributed by atoms with Gasteiger partial charge >= 0.3 is 0 Å². The van der Waals surface area contributed by atoms with Gasteiger partial charge in [-0.3, -0.25) is 0 Å². The van der Waals surface area contributed by atoms with Gasteiger partial charge in [0.1, 0.15) is 11.0 Å². The third-order valence-electron chi connectivity index (χ3n) is 4.16. The van der Waals surface area contributed by atoms with Crippen LogP contribution in [0.2, 0.25) is 5.15 Å². The monoisotopic (exact) mass is 357 g/mol.